The van der Waals surface area contributed by atoms with Crippen molar-refractivity contribution in [1.82, 2.24) is 40.1 Å². The van der Waals surface area contributed by atoms with Crippen molar-refractivity contribution in [2.45, 2.75) is 25.7 Å². The quantitative estimate of drug-likeness (QED) is 0.0564. The Balaban J connectivity index is 1.24. The number of hydrogen-bond donors (Lipinski definition) is 6. The molecule has 8 aromatic rings. The Labute approximate surface area is 387 Å². The molecule has 4 aromatic carbocycles. The van der Waals surface area contributed by atoms with Crippen molar-refractivity contribution in [3.05, 3.63) is 195 Å². The number of imidazole rings is 2. The van der Waals surface area contributed by atoms with Crippen molar-refractivity contribution < 1.29 is 14.3 Å². The largest absolute Gasteiger partial charge is 0.369 e. The average Bonchev–Trinajstić information content (AvgIpc) is 4.15. The van der Waals surface area contributed by atoms with Crippen molar-refractivity contribution in [1.29, 1.82) is 0 Å². The first-order valence-corrected chi connectivity index (χ1v) is 24.1. The second-order valence-corrected chi connectivity index (χ2v) is 20.4. The number of hydrogen-bond acceptors (Lipinski definition) is 7. The van der Waals surface area contributed by atoms with Crippen LogP contribution in [0.1, 0.15) is 49.5 Å². The van der Waals surface area contributed by atoms with Gasteiger partial charge in [0.05, 0.1) is 25.6 Å². The van der Waals surface area contributed by atoms with E-state index in [4.69, 9.17) is 20.2 Å². The maximum atomic E-state index is 13.7. The molecule has 0 aliphatic heterocycles. The summed E-state index contributed by atoms with van der Waals surface area (Å²) >= 11 is 6.90. The van der Waals surface area contributed by atoms with Gasteiger partial charge >= 0.3 is 0 Å². The molecule has 0 unspecified atom stereocenters. The maximum Gasteiger partial charge on any atom is 0.267 e. The zero-order valence-corrected chi connectivity index (χ0v) is 38.6. The van der Waals surface area contributed by atoms with E-state index in [1.54, 1.807) is 30.7 Å². The number of benzene rings is 4. The van der Waals surface area contributed by atoms with Crippen LogP contribution in [0.4, 0.5) is 11.9 Å². The van der Waals surface area contributed by atoms with Gasteiger partial charge in [-0.25, -0.2) is 14.7 Å². The minimum Gasteiger partial charge on any atom is -0.369 e. The van der Waals surface area contributed by atoms with Gasteiger partial charge < -0.3 is 36.1 Å². The number of H-pyrrole nitrogens is 3. The summed E-state index contributed by atoms with van der Waals surface area (Å²) in [5, 5.41) is 9.58. The van der Waals surface area contributed by atoms with Gasteiger partial charge in [0.1, 0.15) is 18.1 Å². The number of carbonyl (C=O) groups excluding carboxylic acids is 2. The number of nitrogens with one attached hydrogen (secondary N) is 5. The van der Waals surface area contributed by atoms with Crippen molar-refractivity contribution >= 4 is 78.5 Å². The number of anilines is 1. The van der Waals surface area contributed by atoms with Gasteiger partial charge in [0.2, 0.25) is 5.95 Å². The van der Waals surface area contributed by atoms with Crippen LogP contribution in [0.25, 0.3) is 0 Å². The molecular formula is C48H45Br2N10O3P. The third-order valence-electron chi connectivity index (χ3n) is 11.6. The second kappa shape index (κ2) is 19.2. The van der Waals surface area contributed by atoms with Crippen molar-refractivity contribution in [2.24, 2.45) is 16.6 Å². The molecule has 0 radical (unpaired) electrons. The molecule has 0 spiro atoms. The summed E-state index contributed by atoms with van der Waals surface area (Å²) in [5.74, 6) is -0.763. The van der Waals surface area contributed by atoms with Crippen molar-refractivity contribution in [2.75, 3.05) is 18.8 Å². The van der Waals surface area contributed by atoms with E-state index in [1.807, 2.05) is 48.5 Å². The number of nitrogens with zero attached hydrogens (tertiary/aromatic N) is 4. The highest BCUT2D eigenvalue weighted by molar-refractivity contribution is 9.10. The number of fused-ring (bicyclic) bond motifs is 1. The van der Waals surface area contributed by atoms with Crippen LogP contribution in [0.2, 0.25) is 0 Å². The summed E-state index contributed by atoms with van der Waals surface area (Å²) in [5.41, 5.74) is 10.6. The molecule has 64 heavy (non-hydrogen) atoms. The first-order chi connectivity index (χ1) is 31.3. The van der Waals surface area contributed by atoms with Crippen LogP contribution in [0, 0.1) is 11.8 Å². The van der Waals surface area contributed by atoms with Gasteiger partial charge in [-0.2, -0.15) is 0 Å². The predicted molar refractivity (Wildman–Crippen MR) is 258 cm³/mol. The zero-order chi connectivity index (χ0) is 44.0. The molecule has 0 bridgehead atoms. The van der Waals surface area contributed by atoms with Gasteiger partial charge in [-0.1, -0.05) is 121 Å². The fourth-order valence-electron chi connectivity index (χ4n) is 8.58. The highest BCUT2D eigenvalue weighted by atomic mass is 79.9. The Kier molecular flexibility index (Phi) is 12.9. The number of amides is 2. The third-order valence-corrected chi connectivity index (χ3v) is 16.1. The summed E-state index contributed by atoms with van der Waals surface area (Å²) in [6, 6.07) is 44.8. The van der Waals surface area contributed by atoms with E-state index in [9.17, 15) is 9.59 Å². The van der Waals surface area contributed by atoms with E-state index in [1.165, 1.54) is 0 Å². The van der Waals surface area contributed by atoms with Crippen LogP contribution >= 0.6 is 38.9 Å². The molecule has 0 fully saturated rings. The number of aromatic nitrogens is 6. The van der Waals surface area contributed by atoms with Gasteiger partial charge in [0.15, 0.2) is 5.95 Å². The van der Waals surface area contributed by atoms with Gasteiger partial charge in [0.25, 0.3) is 11.8 Å². The Bertz CT molecular complexity index is 2810. The molecule has 1 aliphatic carbocycles. The Morgan fingerprint density at radius 2 is 1.31 bits per heavy atom. The number of nitrogen functional groups attached to an aromatic ring is 1. The summed E-state index contributed by atoms with van der Waals surface area (Å²) in [4.78, 5) is 46.7. The van der Waals surface area contributed by atoms with E-state index >= 15 is 0 Å². The highest BCUT2D eigenvalue weighted by Gasteiger charge is 2.43. The second-order valence-electron chi connectivity index (χ2n) is 15.6. The van der Waals surface area contributed by atoms with Crippen molar-refractivity contribution in [3.8, 4) is 0 Å². The number of carbonyl (C=O) groups is 2. The van der Waals surface area contributed by atoms with E-state index in [0.717, 1.165) is 47.5 Å². The van der Waals surface area contributed by atoms with E-state index in [0.29, 0.717) is 30.4 Å². The Hall–Kier alpha value is -6.25. The standard InChI is InChI=1S/C48H45Br2N10O3P/c49-33-22-39(52-25-33)45(61)54-24-32-21-42-44(43(41-28-56-47(51)57-41)38(32)27-55-46(62)40-23-34(50)26-53-40)58-48(60(42)30-63-29-31-13-5-1-6-14-31)59-64(35-15-7-2-8-16-35,36-17-9-3-10-18-36)37-19-11-4-12-20-37/h1-20,22-23,25-26,28,32,38,43,52-53H,21,24,27,29-30H2,(H,54,61)(H,55,62)(H3,51,56,57)/t32-,38-,43-/m0/s1. The minimum absolute atomic E-state index is 0.144. The van der Waals surface area contributed by atoms with E-state index in [-0.39, 0.29) is 49.4 Å². The lowest BCUT2D eigenvalue weighted by atomic mass is 9.71. The molecule has 1 aliphatic rings. The maximum absolute atomic E-state index is 13.7. The molecule has 13 nitrogen and oxygen atoms in total. The normalized spacial score (nSPS) is 15.9. The topological polar surface area (TPSA) is 184 Å². The molecule has 4 heterocycles. The van der Waals surface area contributed by atoms with Crippen LogP contribution < -0.4 is 32.3 Å². The fraction of sp³-hybridized carbons (Fsp3) is 0.167. The molecular weight excluding hydrogens is 955 g/mol. The fourth-order valence-corrected chi connectivity index (χ4v) is 12.7. The molecule has 4 aromatic heterocycles. The van der Waals surface area contributed by atoms with Gasteiger partial charge in [0, 0.05) is 67.6 Å². The molecule has 9 rings (SSSR count). The van der Waals surface area contributed by atoms with Gasteiger partial charge in [-0.15, -0.1) is 0 Å². The van der Waals surface area contributed by atoms with Gasteiger partial charge in [-0.3, -0.25) is 14.2 Å². The van der Waals surface area contributed by atoms with E-state index < -0.39 is 13.0 Å². The third kappa shape index (κ3) is 9.07. The number of aromatic amines is 3. The predicted octanol–water partition coefficient (Wildman–Crippen LogP) is 8.13. The number of ether oxygens (including phenoxy) is 1. The first kappa shape index (κ1) is 43.0. The van der Waals surface area contributed by atoms with Gasteiger partial charge in [-0.05, 0) is 67.8 Å². The highest BCUT2D eigenvalue weighted by Crippen LogP contribution is 2.51. The first-order valence-electron chi connectivity index (χ1n) is 20.8. The lowest BCUT2D eigenvalue weighted by molar-refractivity contribution is 0.0619. The molecule has 0 saturated heterocycles. The number of rotatable bonds is 15. The summed E-state index contributed by atoms with van der Waals surface area (Å²) in [7, 11) is -2.82. The van der Waals surface area contributed by atoms with E-state index in [2.05, 4.69) is 140 Å². The smallest absolute Gasteiger partial charge is 0.267 e. The Morgan fingerprint density at radius 1 is 0.781 bits per heavy atom. The monoisotopic (exact) mass is 998 g/mol. The lowest BCUT2D eigenvalue weighted by Gasteiger charge is -2.37. The molecule has 7 N–H and O–H groups in total. The molecule has 3 atom stereocenters. The minimum atomic E-state index is -2.82. The number of nitrogens with two attached hydrogens (primary N) is 1. The molecule has 2 amide bonds. The average molecular weight is 1000 g/mol. The zero-order valence-electron chi connectivity index (χ0n) is 34.5. The summed E-state index contributed by atoms with van der Waals surface area (Å²) in [6.07, 6.45) is 5.65. The van der Waals surface area contributed by atoms with Crippen LogP contribution in [-0.2, 0) is 24.5 Å². The van der Waals surface area contributed by atoms with Crippen LogP contribution in [0.5, 0.6) is 0 Å². The SMILES string of the molecule is Nc1ncc([C@H]2c3nc(N=P(c4ccccc4)(c4ccccc4)c4ccccc4)n(COCc4ccccc4)c3C[C@@H](CNC(=O)c3cc(Br)c[nH]3)[C@@H]2CNC(=O)c2cc(Br)c[nH]2)[nH]1. The van der Waals surface area contributed by atoms with Crippen molar-refractivity contribution in [3.63, 3.8) is 0 Å². The van der Waals surface area contributed by atoms with Crippen LogP contribution in [-0.4, -0.2) is 54.4 Å². The molecule has 324 valence electrons. The summed E-state index contributed by atoms with van der Waals surface area (Å²) < 4.78 is 16.1. The number of halogens is 2. The molecule has 16 heteroatoms. The van der Waals surface area contributed by atoms with Crippen LogP contribution in [0.3, 0.4) is 0 Å². The van der Waals surface area contributed by atoms with Crippen LogP contribution in [0.15, 0.2) is 166 Å². The Morgan fingerprint density at radius 3 is 1.81 bits per heavy atom. The summed E-state index contributed by atoms with van der Waals surface area (Å²) in [6.45, 7) is 1.02. The molecule has 0 saturated carbocycles. The lowest BCUT2D eigenvalue weighted by Crippen LogP contribution is -2.44.